The Labute approximate surface area is 116 Å². The van der Waals surface area contributed by atoms with Crippen molar-refractivity contribution in [2.24, 2.45) is 10.8 Å². The number of carbonyl (C=O) groups is 1. The Morgan fingerprint density at radius 2 is 2.21 bits per heavy atom. The molecule has 0 aliphatic carbocycles. The third-order valence-corrected chi connectivity index (χ3v) is 2.22. The Balaban J connectivity index is 2.74. The number of hydrogen-bond donors (Lipinski definition) is 3. The first-order valence-corrected chi connectivity index (χ1v) is 5.91. The number of carboxylic acids is 1. The van der Waals surface area contributed by atoms with E-state index in [2.05, 4.69) is 22.7 Å². The zero-order valence-electron chi connectivity index (χ0n) is 10.4. The van der Waals surface area contributed by atoms with Crippen LogP contribution in [0, 0.1) is 0 Å². The summed E-state index contributed by atoms with van der Waals surface area (Å²) in [5.41, 5.74) is 9.36. The van der Waals surface area contributed by atoms with Gasteiger partial charge in [-0.05, 0) is 30.8 Å². The molecule has 7 heteroatoms. The van der Waals surface area contributed by atoms with Gasteiger partial charge in [0.15, 0.2) is 11.7 Å². The molecule has 0 fully saturated rings. The summed E-state index contributed by atoms with van der Waals surface area (Å²) in [7, 11) is 0. The summed E-state index contributed by atoms with van der Waals surface area (Å²) in [6, 6.07) is 7.18. The number of nitrogens with zero attached hydrogens (tertiary/aromatic N) is 1. The average Bonchev–Trinajstić information content (AvgIpc) is 2.35. The number of hydrogen-bond acceptors (Lipinski definition) is 4. The zero-order valence-corrected chi connectivity index (χ0v) is 11.2. The van der Waals surface area contributed by atoms with E-state index in [-0.39, 0.29) is 11.7 Å². The Hall–Kier alpha value is -2.15. The molecule has 1 rings (SSSR count). The van der Waals surface area contributed by atoms with E-state index in [0.29, 0.717) is 12.2 Å². The second kappa shape index (κ2) is 7.32. The van der Waals surface area contributed by atoms with E-state index in [0.717, 1.165) is 11.3 Å². The van der Waals surface area contributed by atoms with Crippen LogP contribution in [0.4, 0.5) is 0 Å². The Morgan fingerprint density at radius 3 is 2.84 bits per heavy atom. The Kier molecular flexibility index (Phi) is 5.74. The second-order valence-corrected chi connectivity index (χ2v) is 4.23. The minimum absolute atomic E-state index is 0.0924. The molecule has 0 aliphatic heterocycles. The number of para-hydroxylation sites is 1. The van der Waals surface area contributed by atoms with E-state index in [1.165, 1.54) is 0 Å². The van der Waals surface area contributed by atoms with Gasteiger partial charge in [-0.3, -0.25) is 5.43 Å². The van der Waals surface area contributed by atoms with E-state index in [9.17, 15) is 4.79 Å². The summed E-state index contributed by atoms with van der Waals surface area (Å²) in [6.07, 6.45) is 0.505. The van der Waals surface area contributed by atoms with Crippen molar-refractivity contribution in [1.29, 1.82) is 0 Å². The molecule has 102 valence electrons. The minimum atomic E-state index is -1.02. The Morgan fingerprint density at radius 1 is 1.53 bits per heavy atom. The van der Waals surface area contributed by atoms with E-state index < -0.39 is 5.97 Å². The molecule has 0 spiro atoms. The van der Waals surface area contributed by atoms with Gasteiger partial charge in [-0.1, -0.05) is 18.2 Å². The molecule has 0 saturated carbocycles. The standard InChI is InChI=1S/C12H15N3O3S/c1-8(14-15-12(13)19)6-9-4-2-3-5-10(9)18-7-11(16)17/h2-5H,6-7H2,1H3,(H,16,17)(H3,13,15,19). The number of ether oxygens (including phenoxy) is 1. The molecule has 0 aromatic heterocycles. The molecule has 4 N–H and O–H groups in total. The van der Waals surface area contributed by atoms with E-state index >= 15 is 0 Å². The molecule has 1 aromatic carbocycles. The number of nitrogens with two attached hydrogens (primary N) is 1. The molecule has 1 aromatic rings. The molecule has 0 atom stereocenters. The van der Waals surface area contributed by atoms with Crippen LogP contribution in [0.15, 0.2) is 29.4 Å². The molecule has 0 radical (unpaired) electrons. The molecule has 0 heterocycles. The summed E-state index contributed by atoms with van der Waals surface area (Å²) >= 11 is 4.64. The van der Waals surface area contributed by atoms with Crippen LogP contribution < -0.4 is 15.9 Å². The van der Waals surface area contributed by atoms with Crippen molar-refractivity contribution in [1.82, 2.24) is 5.43 Å². The highest BCUT2D eigenvalue weighted by molar-refractivity contribution is 7.80. The van der Waals surface area contributed by atoms with Gasteiger partial charge in [-0.25, -0.2) is 4.79 Å². The van der Waals surface area contributed by atoms with Gasteiger partial charge < -0.3 is 15.6 Å². The lowest BCUT2D eigenvalue weighted by Gasteiger charge is -2.09. The van der Waals surface area contributed by atoms with Crippen LogP contribution in [-0.2, 0) is 11.2 Å². The predicted molar refractivity (Wildman–Crippen MR) is 76.3 cm³/mol. The maximum Gasteiger partial charge on any atom is 0.341 e. The molecule has 0 saturated heterocycles. The molecule has 19 heavy (non-hydrogen) atoms. The lowest BCUT2D eigenvalue weighted by Crippen LogP contribution is -2.25. The quantitative estimate of drug-likeness (QED) is 0.407. The van der Waals surface area contributed by atoms with Gasteiger partial charge in [0.25, 0.3) is 0 Å². The first-order valence-electron chi connectivity index (χ1n) is 5.50. The minimum Gasteiger partial charge on any atom is -0.482 e. The van der Waals surface area contributed by atoms with Crippen LogP contribution in [0.5, 0.6) is 5.75 Å². The second-order valence-electron chi connectivity index (χ2n) is 3.79. The van der Waals surface area contributed by atoms with Gasteiger partial charge in [0.05, 0.1) is 0 Å². The van der Waals surface area contributed by atoms with Crippen molar-refractivity contribution in [2.45, 2.75) is 13.3 Å². The van der Waals surface area contributed by atoms with Crippen LogP contribution in [0.1, 0.15) is 12.5 Å². The number of rotatable bonds is 6. The lowest BCUT2D eigenvalue weighted by atomic mass is 10.1. The molecule has 6 nitrogen and oxygen atoms in total. The van der Waals surface area contributed by atoms with Gasteiger partial charge in [0.2, 0.25) is 0 Å². The van der Waals surface area contributed by atoms with Gasteiger partial charge in [0, 0.05) is 12.1 Å². The fraction of sp³-hybridized carbons (Fsp3) is 0.250. The zero-order chi connectivity index (χ0) is 14.3. The number of nitrogens with one attached hydrogen (secondary N) is 1. The van der Waals surface area contributed by atoms with Gasteiger partial charge in [-0.2, -0.15) is 5.10 Å². The molecule has 0 bridgehead atoms. The number of carboxylic acid groups (broad SMARTS) is 1. The fourth-order valence-corrected chi connectivity index (χ4v) is 1.44. The van der Waals surface area contributed by atoms with Crippen molar-refractivity contribution < 1.29 is 14.6 Å². The average molecular weight is 281 g/mol. The first kappa shape index (κ1) is 14.9. The van der Waals surface area contributed by atoms with Crippen molar-refractivity contribution in [3.8, 4) is 5.75 Å². The topological polar surface area (TPSA) is 96.9 Å². The van der Waals surface area contributed by atoms with Gasteiger partial charge >= 0.3 is 5.97 Å². The van der Waals surface area contributed by atoms with Crippen LogP contribution in [-0.4, -0.2) is 28.5 Å². The third kappa shape index (κ3) is 5.82. The highest BCUT2D eigenvalue weighted by Crippen LogP contribution is 2.18. The number of thiocarbonyl (C=S) groups is 1. The van der Waals surface area contributed by atoms with Crippen LogP contribution in [0.3, 0.4) is 0 Å². The maximum atomic E-state index is 10.5. The summed E-state index contributed by atoms with van der Waals surface area (Å²) in [6.45, 7) is 1.43. The number of benzene rings is 1. The van der Waals surface area contributed by atoms with Gasteiger partial charge in [0.1, 0.15) is 5.75 Å². The third-order valence-electron chi connectivity index (χ3n) is 2.13. The highest BCUT2D eigenvalue weighted by atomic mass is 32.1. The van der Waals surface area contributed by atoms with Gasteiger partial charge in [-0.15, -0.1) is 0 Å². The molecular formula is C12H15N3O3S. The normalized spacial score (nSPS) is 10.9. The number of hydrazone groups is 1. The first-order chi connectivity index (χ1) is 8.99. The fourth-order valence-electron chi connectivity index (χ4n) is 1.40. The van der Waals surface area contributed by atoms with E-state index in [4.69, 9.17) is 15.6 Å². The molecular weight excluding hydrogens is 266 g/mol. The van der Waals surface area contributed by atoms with E-state index in [1.54, 1.807) is 19.1 Å². The number of aliphatic carboxylic acids is 1. The monoisotopic (exact) mass is 281 g/mol. The molecule has 0 unspecified atom stereocenters. The van der Waals surface area contributed by atoms with E-state index in [1.807, 2.05) is 12.1 Å². The predicted octanol–water partition coefficient (Wildman–Crippen LogP) is 0.902. The summed E-state index contributed by atoms with van der Waals surface area (Å²) in [4.78, 5) is 10.5. The van der Waals surface area contributed by atoms with Crippen molar-refractivity contribution >= 4 is 29.0 Å². The summed E-state index contributed by atoms with van der Waals surface area (Å²) < 4.78 is 5.20. The van der Waals surface area contributed by atoms with Crippen molar-refractivity contribution in [3.05, 3.63) is 29.8 Å². The maximum absolute atomic E-state index is 10.5. The van der Waals surface area contributed by atoms with Crippen LogP contribution >= 0.6 is 12.2 Å². The summed E-state index contributed by atoms with van der Waals surface area (Å²) in [5.74, 6) is -0.495. The summed E-state index contributed by atoms with van der Waals surface area (Å²) in [5, 5.41) is 12.7. The van der Waals surface area contributed by atoms with Crippen LogP contribution in [0.2, 0.25) is 0 Å². The highest BCUT2D eigenvalue weighted by Gasteiger charge is 2.06. The smallest absolute Gasteiger partial charge is 0.341 e. The Bertz CT molecular complexity index is 503. The van der Waals surface area contributed by atoms with Crippen molar-refractivity contribution in [2.75, 3.05) is 6.61 Å². The SMILES string of the molecule is CC(Cc1ccccc1OCC(=O)O)=NNC(N)=S. The largest absolute Gasteiger partial charge is 0.482 e. The molecule has 0 aliphatic rings. The molecule has 0 amide bonds. The lowest BCUT2D eigenvalue weighted by molar-refractivity contribution is -0.139. The van der Waals surface area contributed by atoms with Crippen LogP contribution in [0.25, 0.3) is 0 Å². The van der Waals surface area contributed by atoms with Crippen molar-refractivity contribution in [3.63, 3.8) is 0 Å².